The lowest BCUT2D eigenvalue weighted by atomic mass is 10.0. The van der Waals surface area contributed by atoms with Gasteiger partial charge in [0.05, 0.1) is 11.4 Å². The van der Waals surface area contributed by atoms with Gasteiger partial charge in [0, 0.05) is 24.8 Å². The van der Waals surface area contributed by atoms with Crippen molar-refractivity contribution in [2.24, 2.45) is 5.73 Å². The number of nitrogens with zero attached hydrogens (tertiary/aromatic N) is 1. The molecule has 158 valence electrons. The van der Waals surface area contributed by atoms with Crippen molar-refractivity contribution in [1.29, 1.82) is 0 Å². The van der Waals surface area contributed by atoms with E-state index in [4.69, 9.17) is 5.73 Å². The van der Waals surface area contributed by atoms with Gasteiger partial charge < -0.3 is 11.1 Å². The molecule has 2 aromatic carbocycles. The van der Waals surface area contributed by atoms with E-state index in [0.717, 1.165) is 40.1 Å². The molecule has 0 saturated carbocycles. The second-order valence-corrected chi connectivity index (χ2v) is 9.14. The van der Waals surface area contributed by atoms with Gasteiger partial charge in [-0.2, -0.15) is 0 Å². The zero-order valence-electron chi connectivity index (χ0n) is 16.8. The predicted molar refractivity (Wildman–Crippen MR) is 121 cm³/mol. The maximum absolute atomic E-state index is 11.5. The number of aryl methyl sites for hydroxylation is 2. The monoisotopic (exact) mass is 443 g/mol. The van der Waals surface area contributed by atoms with Gasteiger partial charge in [-0.25, -0.2) is 13.4 Å². The number of carbonyl (C=O) groups is 1. The Balaban J connectivity index is 1.76. The van der Waals surface area contributed by atoms with Gasteiger partial charge in [-0.3, -0.25) is 4.79 Å². The van der Waals surface area contributed by atoms with Crippen molar-refractivity contribution in [2.75, 3.05) is 5.32 Å². The Labute approximate surface area is 182 Å². The van der Waals surface area contributed by atoms with Gasteiger partial charge in [0.1, 0.15) is 10.7 Å². The molecule has 3 rings (SSSR count). The van der Waals surface area contributed by atoms with Crippen molar-refractivity contribution in [1.82, 2.24) is 4.98 Å². The van der Waals surface area contributed by atoms with Crippen LogP contribution in [0.5, 0.6) is 0 Å². The van der Waals surface area contributed by atoms with E-state index in [1.807, 2.05) is 36.4 Å². The highest BCUT2D eigenvalue weighted by molar-refractivity contribution is 7.71. The predicted octanol–water partition coefficient (Wildman–Crippen LogP) is 3.05. The molecule has 3 aromatic rings. The first-order valence-corrected chi connectivity index (χ1v) is 11.8. The first kappa shape index (κ1) is 22.1. The summed E-state index contributed by atoms with van der Waals surface area (Å²) in [6.07, 6.45) is 2.29. The van der Waals surface area contributed by atoms with Crippen LogP contribution in [0.3, 0.4) is 0 Å². The zero-order valence-corrected chi connectivity index (χ0v) is 18.5. The molecule has 0 spiro atoms. The smallest absolute Gasteiger partial charge is 0.223 e. The third kappa shape index (κ3) is 6.48. The molecule has 6 nitrogen and oxygen atoms in total. The van der Waals surface area contributed by atoms with Crippen LogP contribution in [0.25, 0.3) is 0 Å². The summed E-state index contributed by atoms with van der Waals surface area (Å²) in [4.78, 5) is 17.2. The van der Waals surface area contributed by atoms with Crippen LogP contribution in [-0.4, -0.2) is 19.3 Å². The number of benzene rings is 2. The van der Waals surface area contributed by atoms with E-state index in [0.29, 0.717) is 18.1 Å². The van der Waals surface area contributed by atoms with Gasteiger partial charge in [0.2, 0.25) is 5.91 Å². The normalized spacial score (nSPS) is 11.0. The standard InChI is InChI=1S/C22H25N3O3S2/c1-15(26)24-22-25-20(11-10-16-2-6-18(13-23)7-3-16)21(29-22)12-17-4-8-19(9-5-17)14-30(27)28/h2-9,30H,10-14,23H2,1H3,(H,24,25,26). The molecular weight excluding hydrogens is 418 g/mol. The van der Waals surface area contributed by atoms with E-state index in [1.54, 1.807) is 0 Å². The fourth-order valence-corrected chi connectivity index (χ4v) is 4.72. The van der Waals surface area contributed by atoms with Crippen LogP contribution in [0.4, 0.5) is 5.13 Å². The number of carbonyl (C=O) groups excluding carboxylic acids is 1. The maximum Gasteiger partial charge on any atom is 0.223 e. The van der Waals surface area contributed by atoms with Crippen LogP contribution in [0.15, 0.2) is 48.5 Å². The first-order chi connectivity index (χ1) is 14.4. The molecule has 0 aliphatic rings. The quantitative estimate of drug-likeness (QED) is 0.441. The van der Waals surface area contributed by atoms with E-state index in [-0.39, 0.29) is 11.7 Å². The molecule has 0 saturated heterocycles. The summed E-state index contributed by atoms with van der Waals surface area (Å²) < 4.78 is 21.8. The van der Waals surface area contributed by atoms with Gasteiger partial charge in [-0.15, -0.1) is 11.3 Å². The number of rotatable bonds is 9. The van der Waals surface area contributed by atoms with Crippen molar-refractivity contribution < 1.29 is 13.2 Å². The molecule has 0 bridgehead atoms. The molecular formula is C22H25N3O3S2. The van der Waals surface area contributed by atoms with Gasteiger partial charge in [-0.1, -0.05) is 48.5 Å². The molecule has 1 heterocycles. The molecule has 30 heavy (non-hydrogen) atoms. The van der Waals surface area contributed by atoms with Crippen LogP contribution in [-0.2, 0) is 47.1 Å². The van der Waals surface area contributed by atoms with Crippen molar-refractivity contribution in [3.8, 4) is 0 Å². The lowest BCUT2D eigenvalue weighted by molar-refractivity contribution is -0.114. The summed E-state index contributed by atoms with van der Waals surface area (Å²) >= 11 is 1.48. The Morgan fingerprint density at radius 3 is 2.17 bits per heavy atom. The fourth-order valence-electron chi connectivity index (χ4n) is 3.12. The van der Waals surface area contributed by atoms with Crippen molar-refractivity contribution in [2.45, 2.75) is 38.5 Å². The molecule has 0 radical (unpaired) electrons. The van der Waals surface area contributed by atoms with E-state index < -0.39 is 10.7 Å². The van der Waals surface area contributed by atoms with Crippen LogP contribution in [0.2, 0.25) is 0 Å². The third-order valence-electron chi connectivity index (χ3n) is 4.67. The van der Waals surface area contributed by atoms with E-state index in [1.165, 1.54) is 23.8 Å². The Hall–Kier alpha value is -2.55. The van der Waals surface area contributed by atoms with Gasteiger partial charge in [0.15, 0.2) is 5.13 Å². The number of nitrogens with two attached hydrogens (primary N) is 1. The molecule has 8 heteroatoms. The number of amides is 1. The number of thiol groups is 1. The Bertz CT molecular complexity index is 1060. The van der Waals surface area contributed by atoms with Crippen molar-refractivity contribution in [3.05, 3.63) is 81.4 Å². The molecule has 0 aliphatic carbocycles. The Morgan fingerprint density at radius 1 is 0.967 bits per heavy atom. The van der Waals surface area contributed by atoms with E-state index in [9.17, 15) is 13.2 Å². The van der Waals surface area contributed by atoms with Crippen molar-refractivity contribution in [3.63, 3.8) is 0 Å². The summed E-state index contributed by atoms with van der Waals surface area (Å²) in [5.74, 6) is -0.0906. The third-order valence-corrected chi connectivity index (χ3v) is 6.31. The van der Waals surface area contributed by atoms with Crippen molar-refractivity contribution >= 4 is 33.1 Å². The Morgan fingerprint density at radius 2 is 1.57 bits per heavy atom. The molecule has 0 aliphatic heterocycles. The Kier molecular flexibility index (Phi) is 7.73. The number of aromatic nitrogens is 1. The van der Waals surface area contributed by atoms with Gasteiger partial charge in [-0.05, 0) is 35.1 Å². The van der Waals surface area contributed by atoms with E-state index >= 15 is 0 Å². The number of hydrogen-bond donors (Lipinski definition) is 3. The molecule has 0 unspecified atom stereocenters. The molecule has 3 N–H and O–H groups in total. The minimum Gasteiger partial charge on any atom is -0.326 e. The molecule has 1 amide bonds. The summed E-state index contributed by atoms with van der Waals surface area (Å²) in [6, 6.07) is 15.8. The van der Waals surface area contributed by atoms with Crippen LogP contribution < -0.4 is 11.1 Å². The second kappa shape index (κ2) is 10.5. The number of anilines is 1. The average Bonchev–Trinajstić information content (AvgIpc) is 3.08. The highest BCUT2D eigenvalue weighted by atomic mass is 32.2. The minimum atomic E-state index is -2.43. The second-order valence-electron chi connectivity index (χ2n) is 7.07. The minimum absolute atomic E-state index is 0.0526. The summed E-state index contributed by atoms with van der Waals surface area (Å²) in [6.45, 7) is 2.00. The van der Waals surface area contributed by atoms with Gasteiger partial charge in [0.25, 0.3) is 0 Å². The SMILES string of the molecule is CC(=O)Nc1nc(CCc2ccc(CN)cc2)c(Cc2ccc(C[SH](=O)=O)cc2)s1. The van der Waals surface area contributed by atoms with Crippen LogP contribution in [0.1, 0.15) is 39.7 Å². The van der Waals surface area contributed by atoms with E-state index in [2.05, 4.69) is 22.4 Å². The maximum atomic E-state index is 11.5. The molecule has 0 fully saturated rings. The largest absolute Gasteiger partial charge is 0.326 e. The zero-order chi connectivity index (χ0) is 21.5. The average molecular weight is 444 g/mol. The topological polar surface area (TPSA) is 102 Å². The lowest BCUT2D eigenvalue weighted by Crippen LogP contribution is -2.05. The summed E-state index contributed by atoms with van der Waals surface area (Å²) in [7, 11) is -2.43. The summed E-state index contributed by atoms with van der Waals surface area (Å²) in [5, 5.41) is 3.39. The van der Waals surface area contributed by atoms with Crippen LogP contribution in [0, 0.1) is 0 Å². The van der Waals surface area contributed by atoms with Gasteiger partial charge >= 0.3 is 0 Å². The number of nitrogens with one attached hydrogen (secondary N) is 1. The lowest BCUT2D eigenvalue weighted by Gasteiger charge is -2.05. The molecule has 0 atom stereocenters. The highest BCUT2D eigenvalue weighted by Crippen LogP contribution is 2.27. The molecule has 1 aromatic heterocycles. The number of thiazole rings is 1. The first-order valence-electron chi connectivity index (χ1n) is 9.66. The van der Waals surface area contributed by atoms with Crippen LogP contribution >= 0.6 is 11.3 Å². The highest BCUT2D eigenvalue weighted by Gasteiger charge is 2.13. The summed E-state index contributed by atoms with van der Waals surface area (Å²) in [5.41, 5.74) is 10.8. The number of hydrogen-bond acceptors (Lipinski definition) is 6. The fraction of sp³-hybridized carbons (Fsp3) is 0.273.